The summed E-state index contributed by atoms with van der Waals surface area (Å²) in [5.74, 6) is -2.59. The quantitative estimate of drug-likeness (QED) is 0.601. The molecule has 0 saturated carbocycles. The predicted octanol–water partition coefficient (Wildman–Crippen LogP) is -0.234. The molecule has 142 valence electrons. The van der Waals surface area contributed by atoms with E-state index in [1.807, 2.05) is 0 Å². The molecule has 1 atom stereocenters. The number of ether oxygens (including phenoxy) is 1. The van der Waals surface area contributed by atoms with E-state index in [0.717, 1.165) is 18.7 Å². The lowest BCUT2D eigenvalue weighted by Gasteiger charge is -2.13. The van der Waals surface area contributed by atoms with Crippen molar-refractivity contribution in [1.29, 1.82) is 0 Å². The molecule has 3 rings (SSSR count). The number of aromatic nitrogens is 2. The number of carbonyl (C=O) groups excluding carboxylic acids is 1. The fraction of sp³-hybridized carbons (Fsp3) is 0.353. The van der Waals surface area contributed by atoms with Crippen LogP contribution in [0.25, 0.3) is 10.9 Å². The Bertz CT molecular complexity index is 982. The van der Waals surface area contributed by atoms with Crippen molar-refractivity contribution in [2.75, 3.05) is 6.61 Å². The number of carboxylic acid groups (broad SMARTS) is 2. The van der Waals surface area contributed by atoms with Crippen molar-refractivity contribution >= 4 is 28.7 Å². The SMILES string of the molecule is O=C(O)C[C@H](NC(=O)COc1ccc2nc3n(c(=O)c2c1)CCC3)C(=O)O. The van der Waals surface area contributed by atoms with E-state index in [2.05, 4.69) is 10.3 Å². The zero-order valence-electron chi connectivity index (χ0n) is 14.2. The highest BCUT2D eigenvalue weighted by atomic mass is 16.5. The van der Waals surface area contributed by atoms with E-state index < -0.39 is 36.9 Å². The molecule has 27 heavy (non-hydrogen) atoms. The normalized spacial score (nSPS) is 13.8. The number of fused-ring (bicyclic) bond motifs is 2. The molecule has 10 heteroatoms. The Morgan fingerprint density at radius 1 is 1.30 bits per heavy atom. The highest BCUT2D eigenvalue weighted by Gasteiger charge is 2.23. The van der Waals surface area contributed by atoms with E-state index in [0.29, 0.717) is 17.4 Å². The molecule has 1 aliphatic heterocycles. The first-order valence-corrected chi connectivity index (χ1v) is 8.25. The number of rotatable bonds is 7. The fourth-order valence-corrected chi connectivity index (χ4v) is 2.91. The van der Waals surface area contributed by atoms with Crippen molar-refractivity contribution in [3.63, 3.8) is 0 Å². The molecule has 0 bridgehead atoms. The average Bonchev–Trinajstić information content (AvgIpc) is 3.08. The Hall–Kier alpha value is -3.43. The number of amides is 1. The monoisotopic (exact) mass is 375 g/mol. The second-order valence-corrected chi connectivity index (χ2v) is 6.11. The maximum atomic E-state index is 12.5. The third-order valence-corrected chi connectivity index (χ3v) is 4.17. The summed E-state index contributed by atoms with van der Waals surface area (Å²) in [6, 6.07) is 3.11. The third kappa shape index (κ3) is 4.05. The molecule has 1 aromatic carbocycles. The van der Waals surface area contributed by atoms with Gasteiger partial charge in [0.15, 0.2) is 6.61 Å². The van der Waals surface area contributed by atoms with E-state index in [-0.39, 0.29) is 11.3 Å². The second kappa shape index (κ2) is 7.44. The number of carboxylic acids is 2. The standard InChI is InChI=1S/C17H17N3O7/c21-14(19-12(17(25)26)7-15(22)23)8-27-9-3-4-11-10(6-9)16(24)20-5-1-2-13(20)18-11/h3-4,6,12H,1-2,5,7-8H2,(H,19,21)(H,22,23)(H,25,26)/t12-/m0/s1. The van der Waals surface area contributed by atoms with E-state index in [9.17, 15) is 19.2 Å². The smallest absolute Gasteiger partial charge is 0.326 e. The highest BCUT2D eigenvalue weighted by Crippen LogP contribution is 2.19. The minimum atomic E-state index is -1.55. The largest absolute Gasteiger partial charge is 0.484 e. The maximum Gasteiger partial charge on any atom is 0.326 e. The van der Waals surface area contributed by atoms with Crippen LogP contribution >= 0.6 is 0 Å². The number of hydrogen-bond acceptors (Lipinski definition) is 6. The first-order valence-electron chi connectivity index (χ1n) is 8.25. The van der Waals surface area contributed by atoms with Crippen molar-refractivity contribution in [3.8, 4) is 5.75 Å². The van der Waals surface area contributed by atoms with Gasteiger partial charge in [-0.25, -0.2) is 9.78 Å². The molecule has 0 unspecified atom stereocenters. The Morgan fingerprint density at radius 2 is 2.07 bits per heavy atom. The van der Waals surface area contributed by atoms with Crippen LogP contribution < -0.4 is 15.6 Å². The molecule has 0 saturated heterocycles. The van der Waals surface area contributed by atoms with Crippen molar-refractivity contribution in [1.82, 2.24) is 14.9 Å². The molecule has 0 fully saturated rings. The van der Waals surface area contributed by atoms with Gasteiger partial charge < -0.3 is 20.3 Å². The molecule has 1 amide bonds. The van der Waals surface area contributed by atoms with Gasteiger partial charge in [-0.1, -0.05) is 0 Å². The van der Waals surface area contributed by atoms with E-state index in [1.54, 1.807) is 16.7 Å². The van der Waals surface area contributed by atoms with Gasteiger partial charge in [-0.15, -0.1) is 0 Å². The third-order valence-electron chi connectivity index (χ3n) is 4.17. The molecule has 2 aromatic rings. The fourth-order valence-electron chi connectivity index (χ4n) is 2.91. The molecule has 1 aromatic heterocycles. The second-order valence-electron chi connectivity index (χ2n) is 6.11. The summed E-state index contributed by atoms with van der Waals surface area (Å²) in [5.41, 5.74) is 0.368. The Kier molecular flexibility index (Phi) is 5.06. The van der Waals surface area contributed by atoms with Crippen LogP contribution in [-0.4, -0.2) is 50.3 Å². The molecule has 1 aliphatic rings. The van der Waals surface area contributed by atoms with Gasteiger partial charge in [0.1, 0.15) is 17.6 Å². The van der Waals surface area contributed by atoms with Crippen LogP contribution in [-0.2, 0) is 27.3 Å². The Labute approximate surface area is 152 Å². The van der Waals surface area contributed by atoms with Crippen molar-refractivity contribution in [3.05, 3.63) is 34.4 Å². The van der Waals surface area contributed by atoms with E-state index in [1.165, 1.54) is 6.07 Å². The number of nitrogens with one attached hydrogen (secondary N) is 1. The molecule has 0 aliphatic carbocycles. The number of aliphatic carboxylic acids is 2. The van der Waals surface area contributed by atoms with E-state index >= 15 is 0 Å². The lowest BCUT2D eigenvalue weighted by molar-refractivity contribution is -0.147. The van der Waals surface area contributed by atoms with Gasteiger partial charge in [-0.2, -0.15) is 0 Å². The van der Waals surface area contributed by atoms with Crippen LogP contribution in [0.3, 0.4) is 0 Å². The van der Waals surface area contributed by atoms with Crippen LogP contribution in [0.15, 0.2) is 23.0 Å². The molecule has 0 spiro atoms. The highest BCUT2D eigenvalue weighted by molar-refractivity contribution is 5.87. The van der Waals surface area contributed by atoms with Crippen LogP contribution in [0.4, 0.5) is 0 Å². The summed E-state index contributed by atoms with van der Waals surface area (Å²) in [6.45, 7) is 0.0966. The summed E-state index contributed by atoms with van der Waals surface area (Å²) in [4.78, 5) is 50.4. The molecular weight excluding hydrogens is 358 g/mol. The average molecular weight is 375 g/mol. The van der Waals surface area contributed by atoms with Crippen molar-refractivity contribution in [2.45, 2.75) is 31.8 Å². The minimum absolute atomic E-state index is 0.171. The summed E-state index contributed by atoms with van der Waals surface area (Å²) >= 11 is 0. The Morgan fingerprint density at radius 3 is 2.78 bits per heavy atom. The summed E-state index contributed by atoms with van der Waals surface area (Å²) in [7, 11) is 0. The summed E-state index contributed by atoms with van der Waals surface area (Å²) in [6.07, 6.45) is 0.873. The number of benzene rings is 1. The van der Waals surface area contributed by atoms with Crippen molar-refractivity contribution < 1.29 is 29.3 Å². The minimum Gasteiger partial charge on any atom is -0.484 e. The van der Waals surface area contributed by atoms with Crippen LogP contribution in [0.5, 0.6) is 5.75 Å². The van der Waals surface area contributed by atoms with Gasteiger partial charge in [-0.05, 0) is 24.6 Å². The Balaban J connectivity index is 1.70. The first-order chi connectivity index (χ1) is 12.8. The first kappa shape index (κ1) is 18.4. The summed E-state index contributed by atoms with van der Waals surface area (Å²) in [5, 5.41) is 20.0. The lowest BCUT2D eigenvalue weighted by Crippen LogP contribution is -2.44. The zero-order chi connectivity index (χ0) is 19.6. The van der Waals surface area contributed by atoms with Gasteiger partial charge in [0, 0.05) is 13.0 Å². The van der Waals surface area contributed by atoms with Gasteiger partial charge in [0.05, 0.1) is 17.3 Å². The zero-order valence-corrected chi connectivity index (χ0v) is 14.2. The topological polar surface area (TPSA) is 148 Å². The molecule has 3 N–H and O–H groups in total. The number of nitrogens with zero attached hydrogens (tertiary/aromatic N) is 2. The summed E-state index contributed by atoms with van der Waals surface area (Å²) < 4.78 is 6.92. The van der Waals surface area contributed by atoms with Gasteiger partial charge in [-0.3, -0.25) is 19.0 Å². The van der Waals surface area contributed by atoms with Gasteiger partial charge in [0.2, 0.25) is 0 Å². The van der Waals surface area contributed by atoms with E-state index in [4.69, 9.17) is 14.9 Å². The van der Waals surface area contributed by atoms with Gasteiger partial charge in [0.25, 0.3) is 11.5 Å². The van der Waals surface area contributed by atoms with Crippen LogP contribution in [0.2, 0.25) is 0 Å². The molecule has 2 heterocycles. The number of carbonyl (C=O) groups is 3. The maximum absolute atomic E-state index is 12.5. The van der Waals surface area contributed by atoms with Gasteiger partial charge >= 0.3 is 11.9 Å². The molecule has 10 nitrogen and oxygen atoms in total. The van der Waals surface area contributed by atoms with Crippen LogP contribution in [0.1, 0.15) is 18.7 Å². The number of aryl methyl sites for hydroxylation is 1. The predicted molar refractivity (Wildman–Crippen MR) is 91.6 cm³/mol. The molecule has 0 radical (unpaired) electrons. The van der Waals surface area contributed by atoms with Crippen molar-refractivity contribution in [2.24, 2.45) is 0 Å². The lowest BCUT2D eigenvalue weighted by atomic mass is 10.2. The van der Waals surface area contributed by atoms with Crippen LogP contribution in [0, 0.1) is 0 Å². The number of hydrogen-bond donors (Lipinski definition) is 3. The molecular formula is C17H17N3O7.